The fourth-order valence-electron chi connectivity index (χ4n) is 2.43. The molecule has 0 spiro atoms. The molecular formula is C17H18N2OS. The van der Waals surface area contributed by atoms with E-state index in [-0.39, 0.29) is 0 Å². The van der Waals surface area contributed by atoms with Crippen LogP contribution in [-0.4, -0.2) is 11.7 Å². The van der Waals surface area contributed by atoms with Crippen LogP contribution in [0.1, 0.15) is 16.7 Å². The number of ether oxygens (including phenoxy) is 1. The topological polar surface area (TPSA) is 33.3 Å². The van der Waals surface area contributed by atoms with Crippen molar-refractivity contribution in [3.05, 3.63) is 59.2 Å². The third-order valence-electron chi connectivity index (χ3n) is 3.48. The molecule has 0 fully saturated rings. The van der Waals surface area contributed by atoms with Gasteiger partial charge in [-0.3, -0.25) is 0 Å². The number of fused-ring (bicyclic) bond motifs is 1. The molecule has 2 aromatic carbocycles. The van der Waals surface area contributed by atoms with Crippen molar-refractivity contribution in [1.82, 2.24) is 5.32 Å². The fourth-order valence-corrected chi connectivity index (χ4v) is 2.62. The molecule has 0 unspecified atom stereocenters. The highest BCUT2D eigenvalue weighted by atomic mass is 32.1. The third kappa shape index (κ3) is 3.52. The molecular weight excluding hydrogens is 280 g/mol. The van der Waals surface area contributed by atoms with Crippen molar-refractivity contribution in [3.8, 4) is 5.75 Å². The molecule has 0 saturated heterocycles. The molecule has 3 nitrogen and oxygen atoms in total. The van der Waals surface area contributed by atoms with E-state index in [1.165, 1.54) is 16.7 Å². The van der Waals surface area contributed by atoms with Gasteiger partial charge in [-0.2, -0.15) is 0 Å². The summed E-state index contributed by atoms with van der Waals surface area (Å²) in [6, 6.07) is 14.5. The number of nitrogens with one attached hydrogen (secondary N) is 2. The predicted octanol–water partition coefficient (Wildman–Crippen LogP) is 3.42. The molecule has 1 heterocycles. The first-order valence-corrected chi connectivity index (χ1v) is 7.48. The second-order valence-electron chi connectivity index (χ2n) is 5.22. The van der Waals surface area contributed by atoms with Gasteiger partial charge in [0.15, 0.2) is 5.11 Å². The minimum absolute atomic E-state index is 0.636. The van der Waals surface area contributed by atoms with Crippen LogP contribution in [0, 0.1) is 6.92 Å². The first-order valence-electron chi connectivity index (χ1n) is 7.07. The molecule has 0 atom stereocenters. The van der Waals surface area contributed by atoms with Crippen LogP contribution in [0.3, 0.4) is 0 Å². The van der Waals surface area contributed by atoms with Gasteiger partial charge in [-0.25, -0.2) is 0 Å². The van der Waals surface area contributed by atoms with Gasteiger partial charge in [0.05, 0.1) is 6.61 Å². The number of hydrogen-bond acceptors (Lipinski definition) is 2. The van der Waals surface area contributed by atoms with Gasteiger partial charge in [-0.1, -0.05) is 24.3 Å². The SMILES string of the molecule is Cc1cccc(NC(=S)NCc2ccc3c(c2)CCO3)c1. The number of benzene rings is 2. The Hall–Kier alpha value is -2.07. The molecule has 2 aromatic rings. The van der Waals surface area contributed by atoms with E-state index < -0.39 is 0 Å². The molecule has 1 aliphatic heterocycles. The molecule has 0 aliphatic carbocycles. The average Bonchev–Trinajstić information content (AvgIpc) is 2.92. The Morgan fingerprint density at radius 2 is 2.14 bits per heavy atom. The zero-order chi connectivity index (χ0) is 14.7. The van der Waals surface area contributed by atoms with E-state index in [9.17, 15) is 0 Å². The van der Waals surface area contributed by atoms with Gasteiger partial charge in [0, 0.05) is 18.7 Å². The van der Waals surface area contributed by atoms with Crippen LogP contribution >= 0.6 is 12.2 Å². The maximum absolute atomic E-state index is 5.51. The monoisotopic (exact) mass is 298 g/mol. The molecule has 1 aliphatic rings. The van der Waals surface area contributed by atoms with E-state index in [4.69, 9.17) is 17.0 Å². The zero-order valence-corrected chi connectivity index (χ0v) is 12.8. The van der Waals surface area contributed by atoms with Gasteiger partial charge in [-0.15, -0.1) is 0 Å². The molecule has 0 saturated carbocycles. The van der Waals surface area contributed by atoms with Crippen molar-refractivity contribution in [2.24, 2.45) is 0 Å². The van der Waals surface area contributed by atoms with Crippen molar-refractivity contribution < 1.29 is 4.74 Å². The Morgan fingerprint density at radius 1 is 1.24 bits per heavy atom. The summed E-state index contributed by atoms with van der Waals surface area (Å²) in [5.41, 5.74) is 4.72. The van der Waals surface area contributed by atoms with Crippen LogP contribution in [0.4, 0.5) is 5.69 Å². The van der Waals surface area contributed by atoms with E-state index in [1.54, 1.807) is 0 Å². The second kappa shape index (κ2) is 6.14. The van der Waals surface area contributed by atoms with Gasteiger partial charge in [-0.05, 0) is 54.0 Å². The number of rotatable bonds is 3. The fraction of sp³-hybridized carbons (Fsp3) is 0.235. The molecule has 2 N–H and O–H groups in total. The lowest BCUT2D eigenvalue weighted by atomic mass is 10.1. The average molecular weight is 298 g/mol. The number of anilines is 1. The van der Waals surface area contributed by atoms with Gasteiger partial charge in [0.1, 0.15) is 5.75 Å². The normalized spacial score (nSPS) is 12.4. The van der Waals surface area contributed by atoms with Crippen LogP contribution in [0.2, 0.25) is 0 Å². The summed E-state index contributed by atoms with van der Waals surface area (Å²) in [5, 5.41) is 7.07. The van der Waals surface area contributed by atoms with Crippen molar-refractivity contribution in [2.75, 3.05) is 11.9 Å². The Kier molecular flexibility index (Phi) is 4.06. The van der Waals surface area contributed by atoms with Gasteiger partial charge in [0.2, 0.25) is 0 Å². The quantitative estimate of drug-likeness (QED) is 0.851. The Balaban J connectivity index is 1.56. The molecule has 0 aromatic heterocycles. The lowest BCUT2D eigenvalue weighted by Crippen LogP contribution is -2.27. The van der Waals surface area contributed by atoms with E-state index >= 15 is 0 Å². The molecule has 21 heavy (non-hydrogen) atoms. The van der Waals surface area contributed by atoms with E-state index in [2.05, 4.69) is 41.8 Å². The molecule has 0 radical (unpaired) electrons. The molecule has 4 heteroatoms. The zero-order valence-electron chi connectivity index (χ0n) is 12.0. The molecule has 108 valence electrons. The summed E-state index contributed by atoms with van der Waals surface area (Å²) in [4.78, 5) is 0. The lowest BCUT2D eigenvalue weighted by molar-refractivity contribution is 0.357. The minimum Gasteiger partial charge on any atom is -0.493 e. The predicted molar refractivity (Wildman–Crippen MR) is 89.9 cm³/mol. The van der Waals surface area contributed by atoms with Crippen molar-refractivity contribution in [1.29, 1.82) is 0 Å². The Bertz CT molecular complexity index is 670. The van der Waals surface area contributed by atoms with Gasteiger partial charge >= 0.3 is 0 Å². The lowest BCUT2D eigenvalue weighted by Gasteiger charge is -2.11. The standard InChI is InChI=1S/C17H18N2OS/c1-12-3-2-4-15(9-12)19-17(21)18-11-13-5-6-16-14(10-13)7-8-20-16/h2-6,9-10H,7-8,11H2,1H3,(H2,18,19,21). The summed E-state index contributed by atoms with van der Waals surface area (Å²) >= 11 is 5.33. The van der Waals surface area contributed by atoms with Crippen LogP contribution in [0.5, 0.6) is 5.75 Å². The number of thiocarbonyl (C=S) groups is 1. The summed E-state index contributed by atoms with van der Waals surface area (Å²) in [7, 11) is 0. The maximum Gasteiger partial charge on any atom is 0.171 e. The van der Waals surface area contributed by atoms with Crippen molar-refractivity contribution in [3.63, 3.8) is 0 Å². The van der Waals surface area contributed by atoms with Crippen LogP contribution in [-0.2, 0) is 13.0 Å². The summed E-state index contributed by atoms with van der Waals surface area (Å²) in [6.07, 6.45) is 0.995. The first-order chi connectivity index (χ1) is 10.2. The van der Waals surface area contributed by atoms with E-state index in [1.807, 2.05) is 18.2 Å². The van der Waals surface area contributed by atoms with Gasteiger partial charge < -0.3 is 15.4 Å². The summed E-state index contributed by atoms with van der Waals surface area (Å²) < 4.78 is 5.51. The van der Waals surface area contributed by atoms with E-state index in [0.717, 1.165) is 24.5 Å². The Labute approximate surface area is 130 Å². The van der Waals surface area contributed by atoms with Crippen molar-refractivity contribution in [2.45, 2.75) is 19.9 Å². The molecule has 0 amide bonds. The Morgan fingerprint density at radius 3 is 3.00 bits per heavy atom. The minimum atomic E-state index is 0.636. The van der Waals surface area contributed by atoms with Crippen LogP contribution < -0.4 is 15.4 Å². The van der Waals surface area contributed by atoms with Crippen LogP contribution in [0.15, 0.2) is 42.5 Å². The highest BCUT2D eigenvalue weighted by Crippen LogP contribution is 2.25. The van der Waals surface area contributed by atoms with Gasteiger partial charge in [0.25, 0.3) is 0 Å². The number of aryl methyl sites for hydroxylation is 1. The summed E-state index contributed by atoms with van der Waals surface area (Å²) in [6.45, 7) is 3.57. The highest BCUT2D eigenvalue weighted by Gasteiger charge is 2.11. The smallest absolute Gasteiger partial charge is 0.171 e. The molecule has 3 rings (SSSR count). The summed E-state index contributed by atoms with van der Waals surface area (Å²) in [5.74, 6) is 1.01. The first kappa shape index (κ1) is 13.9. The maximum atomic E-state index is 5.51. The number of hydrogen-bond donors (Lipinski definition) is 2. The second-order valence-corrected chi connectivity index (χ2v) is 5.63. The van der Waals surface area contributed by atoms with E-state index in [0.29, 0.717) is 11.7 Å². The third-order valence-corrected chi connectivity index (χ3v) is 3.73. The largest absolute Gasteiger partial charge is 0.493 e. The molecule has 0 bridgehead atoms. The van der Waals surface area contributed by atoms with Crippen LogP contribution in [0.25, 0.3) is 0 Å². The van der Waals surface area contributed by atoms with Crippen molar-refractivity contribution >= 4 is 23.0 Å². The highest BCUT2D eigenvalue weighted by molar-refractivity contribution is 7.80.